The number of amides is 1. The average Bonchev–Trinajstić information content (AvgIpc) is 3.22. The lowest BCUT2D eigenvalue weighted by molar-refractivity contribution is -0.129. The third-order valence-electron chi connectivity index (χ3n) is 4.20. The van der Waals surface area contributed by atoms with Crippen molar-refractivity contribution in [2.45, 2.75) is 44.9 Å². The zero-order chi connectivity index (χ0) is 13.7. The van der Waals surface area contributed by atoms with Crippen LogP contribution in [0, 0.1) is 11.3 Å². The van der Waals surface area contributed by atoms with E-state index in [2.05, 4.69) is 5.32 Å². The van der Waals surface area contributed by atoms with Crippen molar-refractivity contribution < 1.29 is 9.53 Å². The van der Waals surface area contributed by atoms with Gasteiger partial charge in [0, 0.05) is 13.2 Å². The number of hydrogen-bond acceptors (Lipinski definition) is 3. The maximum Gasteiger partial charge on any atom is 0.233 e. The topological polar surface area (TPSA) is 64.4 Å². The molecule has 0 aliphatic heterocycles. The van der Waals surface area contributed by atoms with Gasteiger partial charge in [-0.15, -0.1) is 0 Å². The Bertz CT molecular complexity index is 336. The molecule has 0 saturated heterocycles. The van der Waals surface area contributed by atoms with Crippen molar-refractivity contribution in [3.05, 3.63) is 0 Å². The number of nitrogens with one attached hydrogen (secondary N) is 1. The molecule has 0 atom stereocenters. The smallest absolute Gasteiger partial charge is 0.233 e. The van der Waals surface area contributed by atoms with E-state index < -0.39 is 5.41 Å². The Hall–Kier alpha value is -0.680. The van der Waals surface area contributed by atoms with Gasteiger partial charge in [0.2, 0.25) is 5.91 Å². The van der Waals surface area contributed by atoms with Crippen LogP contribution in [0.2, 0.25) is 0 Å². The van der Waals surface area contributed by atoms with E-state index in [1.807, 2.05) is 0 Å². The largest absolute Gasteiger partial charge is 0.392 e. The third kappa shape index (κ3) is 3.89. The summed E-state index contributed by atoms with van der Waals surface area (Å²) in [5, 5.41) is 2.94. The monoisotopic (exact) mass is 284 g/mol. The van der Waals surface area contributed by atoms with Gasteiger partial charge in [-0.1, -0.05) is 31.5 Å². The number of carbonyl (C=O) groups is 1. The molecule has 3 N–H and O–H groups in total. The van der Waals surface area contributed by atoms with Gasteiger partial charge in [-0.2, -0.15) is 0 Å². The molecule has 0 unspecified atom stereocenters. The fourth-order valence-corrected chi connectivity index (χ4v) is 2.98. The molecule has 2 fully saturated rings. The Morgan fingerprint density at radius 1 is 1.32 bits per heavy atom. The summed E-state index contributed by atoms with van der Waals surface area (Å²) in [7, 11) is 0. The first kappa shape index (κ1) is 14.7. The number of ether oxygens (including phenoxy) is 1. The SMILES string of the molecule is NC(=S)C1(C(=O)NCCOCC2CC2)CCCCC1. The molecule has 108 valence electrons. The Morgan fingerprint density at radius 2 is 2.00 bits per heavy atom. The van der Waals surface area contributed by atoms with E-state index in [0.717, 1.165) is 38.2 Å². The first-order valence-corrected chi connectivity index (χ1v) is 7.72. The van der Waals surface area contributed by atoms with Crippen LogP contribution in [0.5, 0.6) is 0 Å². The number of rotatable bonds is 7. The van der Waals surface area contributed by atoms with E-state index in [0.29, 0.717) is 18.1 Å². The van der Waals surface area contributed by atoms with E-state index >= 15 is 0 Å². The second kappa shape index (κ2) is 6.66. The molecule has 4 nitrogen and oxygen atoms in total. The first-order chi connectivity index (χ1) is 9.15. The molecule has 0 spiro atoms. The van der Waals surface area contributed by atoms with Crippen LogP contribution in [0.4, 0.5) is 0 Å². The zero-order valence-corrected chi connectivity index (χ0v) is 12.3. The van der Waals surface area contributed by atoms with Gasteiger partial charge in [-0.25, -0.2) is 0 Å². The first-order valence-electron chi connectivity index (χ1n) is 7.31. The molecule has 0 aromatic carbocycles. The minimum atomic E-state index is -0.607. The van der Waals surface area contributed by atoms with Gasteiger partial charge in [-0.3, -0.25) is 4.79 Å². The molecule has 2 aliphatic carbocycles. The second-order valence-electron chi connectivity index (χ2n) is 5.78. The molecule has 19 heavy (non-hydrogen) atoms. The average molecular weight is 284 g/mol. The quantitative estimate of drug-likeness (QED) is 0.552. The Kier molecular flexibility index (Phi) is 5.16. The molecule has 0 bridgehead atoms. The van der Waals surface area contributed by atoms with Gasteiger partial charge >= 0.3 is 0 Å². The molecule has 0 heterocycles. The lowest BCUT2D eigenvalue weighted by Crippen LogP contribution is -2.50. The van der Waals surface area contributed by atoms with E-state index in [1.54, 1.807) is 0 Å². The standard InChI is InChI=1S/C14H24N2O2S/c15-12(19)14(6-2-1-3-7-14)13(17)16-8-9-18-10-11-4-5-11/h11H,1-10H2,(H2,15,19)(H,16,17). The number of hydrogen-bond donors (Lipinski definition) is 2. The van der Waals surface area contributed by atoms with Crippen LogP contribution in [-0.4, -0.2) is 30.7 Å². The fraction of sp³-hybridized carbons (Fsp3) is 0.857. The van der Waals surface area contributed by atoms with Gasteiger partial charge in [0.25, 0.3) is 0 Å². The lowest BCUT2D eigenvalue weighted by atomic mass is 9.73. The van der Waals surface area contributed by atoms with Crippen LogP contribution in [0.3, 0.4) is 0 Å². The van der Waals surface area contributed by atoms with Gasteiger partial charge < -0.3 is 15.8 Å². The highest BCUT2D eigenvalue weighted by Crippen LogP contribution is 2.36. The van der Waals surface area contributed by atoms with Crippen molar-refractivity contribution in [1.82, 2.24) is 5.32 Å². The van der Waals surface area contributed by atoms with Gasteiger partial charge in [-0.05, 0) is 31.6 Å². The van der Waals surface area contributed by atoms with Crippen LogP contribution in [-0.2, 0) is 9.53 Å². The predicted molar refractivity (Wildman–Crippen MR) is 78.9 cm³/mol. The van der Waals surface area contributed by atoms with Crippen molar-refractivity contribution in [3.8, 4) is 0 Å². The molecule has 2 rings (SSSR count). The predicted octanol–water partition coefficient (Wildman–Crippen LogP) is 1.77. The van der Waals surface area contributed by atoms with Crippen molar-refractivity contribution in [2.24, 2.45) is 17.1 Å². The van der Waals surface area contributed by atoms with Crippen LogP contribution in [0.1, 0.15) is 44.9 Å². The summed E-state index contributed by atoms with van der Waals surface area (Å²) in [6, 6.07) is 0. The van der Waals surface area contributed by atoms with E-state index in [4.69, 9.17) is 22.7 Å². The van der Waals surface area contributed by atoms with Gasteiger partial charge in [0.1, 0.15) is 0 Å². The maximum absolute atomic E-state index is 12.3. The van der Waals surface area contributed by atoms with Crippen LogP contribution in [0.15, 0.2) is 0 Å². The number of carbonyl (C=O) groups excluding carboxylic acids is 1. The summed E-state index contributed by atoms with van der Waals surface area (Å²) in [6.07, 6.45) is 7.38. The van der Waals surface area contributed by atoms with E-state index in [1.165, 1.54) is 19.3 Å². The zero-order valence-electron chi connectivity index (χ0n) is 11.5. The summed E-state index contributed by atoms with van der Waals surface area (Å²) in [5.41, 5.74) is 5.21. The van der Waals surface area contributed by atoms with Crippen molar-refractivity contribution in [2.75, 3.05) is 19.8 Å². The molecular weight excluding hydrogens is 260 g/mol. The van der Waals surface area contributed by atoms with Crippen molar-refractivity contribution in [3.63, 3.8) is 0 Å². The molecule has 1 amide bonds. The molecule has 2 aliphatic rings. The van der Waals surface area contributed by atoms with E-state index in [9.17, 15) is 4.79 Å². The highest BCUT2D eigenvalue weighted by atomic mass is 32.1. The lowest BCUT2D eigenvalue weighted by Gasteiger charge is -2.34. The van der Waals surface area contributed by atoms with Crippen LogP contribution in [0.25, 0.3) is 0 Å². The Labute approximate surface area is 120 Å². The van der Waals surface area contributed by atoms with Gasteiger partial charge in [0.15, 0.2) is 0 Å². The van der Waals surface area contributed by atoms with Gasteiger partial charge in [0.05, 0.1) is 17.0 Å². The maximum atomic E-state index is 12.3. The summed E-state index contributed by atoms with van der Waals surface area (Å²) >= 11 is 5.13. The summed E-state index contributed by atoms with van der Waals surface area (Å²) < 4.78 is 5.51. The highest BCUT2D eigenvalue weighted by Gasteiger charge is 2.42. The highest BCUT2D eigenvalue weighted by molar-refractivity contribution is 7.80. The molecule has 2 saturated carbocycles. The molecule has 5 heteroatoms. The summed E-state index contributed by atoms with van der Waals surface area (Å²) in [4.78, 5) is 12.7. The fourth-order valence-electron chi connectivity index (χ4n) is 2.68. The van der Waals surface area contributed by atoms with E-state index in [-0.39, 0.29) is 5.91 Å². The Morgan fingerprint density at radius 3 is 2.58 bits per heavy atom. The Balaban J connectivity index is 1.73. The van der Waals surface area contributed by atoms with Crippen molar-refractivity contribution >= 4 is 23.1 Å². The van der Waals surface area contributed by atoms with Crippen LogP contribution >= 0.6 is 12.2 Å². The molecule has 0 aromatic heterocycles. The molecular formula is C14H24N2O2S. The third-order valence-corrected chi connectivity index (χ3v) is 4.59. The van der Waals surface area contributed by atoms with Crippen LogP contribution < -0.4 is 11.1 Å². The number of nitrogens with two attached hydrogens (primary N) is 1. The normalized spacial score (nSPS) is 21.9. The summed E-state index contributed by atoms with van der Waals surface area (Å²) in [6.45, 7) is 1.96. The summed E-state index contributed by atoms with van der Waals surface area (Å²) in [5.74, 6) is 0.756. The minimum Gasteiger partial charge on any atom is -0.392 e. The van der Waals surface area contributed by atoms with Crippen molar-refractivity contribution in [1.29, 1.82) is 0 Å². The minimum absolute atomic E-state index is 0.00489. The second-order valence-corrected chi connectivity index (χ2v) is 6.22. The molecule has 0 aromatic rings. The number of thiocarbonyl (C=S) groups is 1. The molecule has 0 radical (unpaired) electrons.